The van der Waals surface area contributed by atoms with Crippen LogP contribution < -0.4 is 0 Å². The zero-order chi connectivity index (χ0) is 17.6. The summed E-state index contributed by atoms with van der Waals surface area (Å²) >= 11 is 0. The Bertz CT molecular complexity index is 543. The molecule has 1 aromatic rings. The molecule has 2 fully saturated rings. The van der Waals surface area contributed by atoms with Crippen LogP contribution in [0.5, 0.6) is 0 Å². The number of piperidine rings is 1. The molecule has 2 aliphatic rings. The number of carbonyl (C=O) groups excluding carboxylic acids is 1. The van der Waals surface area contributed by atoms with Crippen LogP contribution in [0.3, 0.4) is 0 Å². The van der Waals surface area contributed by atoms with Crippen molar-refractivity contribution < 1.29 is 9.90 Å². The van der Waals surface area contributed by atoms with E-state index < -0.39 is 6.10 Å². The van der Waals surface area contributed by atoms with Gasteiger partial charge in [0.15, 0.2) is 0 Å². The number of benzene rings is 1. The van der Waals surface area contributed by atoms with E-state index in [0.29, 0.717) is 19.1 Å². The second-order valence-electron chi connectivity index (χ2n) is 7.44. The number of β-amino-alcohol motifs (C(OH)–C–C–N with tert-alkyl or cyclic N) is 1. The monoisotopic (exact) mass is 345 g/mol. The van der Waals surface area contributed by atoms with Gasteiger partial charge in [0.25, 0.3) is 0 Å². The van der Waals surface area contributed by atoms with Crippen molar-refractivity contribution in [3.8, 4) is 0 Å². The number of likely N-dealkylation sites (tertiary alicyclic amines) is 1. The molecule has 1 N–H and O–H groups in total. The number of amides is 1. The minimum atomic E-state index is -0.441. The Morgan fingerprint density at radius 1 is 1.08 bits per heavy atom. The number of hydrogen-bond acceptors (Lipinski definition) is 4. The largest absolute Gasteiger partial charge is 0.387 e. The number of nitrogens with zero attached hydrogens (tertiary/aromatic N) is 3. The van der Waals surface area contributed by atoms with Crippen molar-refractivity contribution in [2.45, 2.75) is 38.3 Å². The fourth-order valence-electron chi connectivity index (χ4n) is 3.91. The summed E-state index contributed by atoms with van der Waals surface area (Å²) < 4.78 is 0. The Kier molecular flexibility index (Phi) is 6.45. The third kappa shape index (κ3) is 5.03. The lowest BCUT2D eigenvalue weighted by atomic mass is 10.0. The van der Waals surface area contributed by atoms with Gasteiger partial charge in [-0.3, -0.25) is 14.6 Å². The molecule has 1 aromatic carbocycles. The molecule has 2 saturated heterocycles. The molecule has 5 heteroatoms. The molecule has 138 valence electrons. The number of hydrogen-bond donors (Lipinski definition) is 1. The van der Waals surface area contributed by atoms with Gasteiger partial charge in [-0.2, -0.15) is 0 Å². The Balaban J connectivity index is 1.42. The van der Waals surface area contributed by atoms with Crippen LogP contribution in [-0.4, -0.2) is 77.6 Å². The third-order valence-corrected chi connectivity index (χ3v) is 5.56. The first-order chi connectivity index (χ1) is 12.1. The van der Waals surface area contributed by atoms with Gasteiger partial charge in [0, 0.05) is 45.3 Å². The molecule has 5 nitrogen and oxygen atoms in total. The van der Waals surface area contributed by atoms with Gasteiger partial charge in [-0.25, -0.2) is 0 Å². The van der Waals surface area contributed by atoms with Crippen molar-refractivity contribution in [2.24, 2.45) is 0 Å². The van der Waals surface area contributed by atoms with Crippen molar-refractivity contribution in [3.63, 3.8) is 0 Å². The van der Waals surface area contributed by atoms with Crippen LogP contribution in [-0.2, 0) is 4.79 Å². The summed E-state index contributed by atoms with van der Waals surface area (Å²) in [6, 6.07) is 10.2. The van der Waals surface area contributed by atoms with E-state index in [0.717, 1.165) is 51.1 Å². The van der Waals surface area contributed by atoms with E-state index in [9.17, 15) is 9.90 Å². The number of piperazine rings is 1. The Hall–Kier alpha value is -1.43. The first kappa shape index (κ1) is 18.4. The maximum Gasteiger partial charge on any atom is 0.236 e. The van der Waals surface area contributed by atoms with Crippen molar-refractivity contribution in [1.82, 2.24) is 14.7 Å². The van der Waals surface area contributed by atoms with Gasteiger partial charge in [0.1, 0.15) is 0 Å². The van der Waals surface area contributed by atoms with Crippen LogP contribution in [0.4, 0.5) is 0 Å². The molecule has 3 rings (SSSR count). The Morgan fingerprint density at radius 3 is 2.44 bits per heavy atom. The van der Waals surface area contributed by atoms with Crippen LogP contribution in [0.15, 0.2) is 30.3 Å². The summed E-state index contributed by atoms with van der Waals surface area (Å²) in [6.07, 6.45) is 3.08. The zero-order valence-electron chi connectivity index (χ0n) is 15.3. The van der Waals surface area contributed by atoms with Crippen LogP contribution >= 0.6 is 0 Å². The summed E-state index contributed by atoms with van der Waals surface area (Å²) in [6.45, 7) is 7.90. The molecule has 1 amide bonds. The molecule has 0 aromatic heterocycles. The van der Waals surface area contributed by atoms with Gasteiger partial charge in [-0.05, 0) is 31.7 Å². The van der Waals surface area contributed by atoms with Crippen LogP contribution in [0.1, 0.15) is 37.9 Å². The van der Waals surface area contributed by atoms with Crippen molar-refractivity contribution in [1.29, 1.82) is 0 Å². The van der Waals surface area contributed by atoms with Gasteiger partial charge in [-0.15, -0.1) is 0 Å². The van der Waals surface area contributed by atoms with E-state index >= 15 is 0 Å². The number of aliphatic hydroxyl groups is 1. The molecule has 0 bridgehead atoms. The zero-order valence-corrected chi connectivity index (χ0v) is 15.3. The first-order valence-corrected chi connectivity index (χ1v) is 9.60. The predicted octanol–water partition coefficient (Wildman–Crippen LogP) is 1.74. The van der Waals surface area contributed by atoms with Gasteiger partial charge < -0.3 is 10.0 Å². The van der Waals surface area contributed by atoms with Gasteiger partial charge in [0.05, 0.1) is 12.6 Å². The van der Waals surface area contributed by atoms with Gasteiger partial charge in [-0.1, -0.05) is 30.3 Å². The second kappa shape index (κ2) is 8.79. The van der Waals surface area contributed by atoms with E-state index in [-0.39, 0.29) is 5.91 Å². The second-order valence-corrected chi connectivity index (χ2v) is 7.44. The molecule has 2 heterocycles. The SMILES string of the molecule is CC1CCCCN1C(=O)CN1CCN(CC(O)c2ccccc2)CC1. The minimum Gasteiger partial charge on any atom is -0.387 e. The molecule has 0 aliphatic carbocycles. The molecule has 0 radical (unpaired) electrons. The Morgan fingerprint density at radius 2 is 1.76 bits per heavy atom. The lowest BCUT2D eigenvalue weighted by molar-refractivity contribution is -0.136. The highest BCUT2D eigenvalue weighted by Gasteiger charge is 2.26. The number of rotatable bonds is 5. The summed E-state index contributed by atoms with van der Waals surface area (Å²) in [5.74, 6) is 0.282. The van der Waals surface area contributed by atoms with Crippen molar-refractivity contribution in [2.75, 3.05) is 45.8 Å². The van der Waals surface area contributed by atoms with Crippen LogP contribution in [0, 0.1) is 0 Å². The molecule has 0 saturated carbocycles. The third-order valence-electron chi connectivity index (χ3n) is 5.56. The van der Waals surface area contributed by atoms with E-state index in [2.05, 4.69) is 21.6 Å². The van der Waals surface area contributed by atoms with Crippen LogP contribution in [0.25, 0.3) is 0 Å². The molecule has 2 unspecified atom stereocenters. The average molecular weight is 345 g/mol. The minimum absolute atomic E-state index is 0.282. The van der Waals surface area contributed by atoms with E-state index in [1.165, 1.54) is 6.42 Å². The van der Waals surface area contributed by atoms with E-state index in [4.69, 9.17) is 0 Å². The number of aliphatic hydroxyl groups excluding tert-OH is 1. The maximum atomic E-state index is 12.6. The summed E-state index contributed by atoms with van der Waals surface area (Å²) in [5, 5.41) is 10.4. The summed E-state index contributed by atoms with van der Waals surface area (Å²) in [7, 11) is 0. The quantitative estimate of drug-likeness (QED) is 0.883. The average Bonchev–Trinajstić information content (AvgIpc) is 2.64. The van der Waals surface area contributed by atoms with Crippen LogP contribution in [0.2, 0.25) is 0 Å². The maximum absolute atomic E-state index is 12.6. The van der Waals surface area contributed by atoms with Gasteiger partial charge in [0.2, 0.25) is 5.91 Å². The lowest BCUT2D eigenvalue weighted by Gasteiger charge is -2.38. The lowest BCUT2D eigenvalue weighted by Crippen LogP contribution is -2.52. The summed E-state index contributed by atoms with van der Waals surface area (Å²) in [5.41, 5.74) is 0.971. The van der Waals surface area contributed by atoms with Crippen molar-refractivity contribution in [3.05, 3.63) is 35.9 Å². The first-order valence-electron chi connectivity index (χ1n) is 9.60. The highest BCUT2D eigenvalue weighted by atomic mass is 16.3. The Labute approximate surface area is 151 Å². The predicted molar refractivity (Wildman–Crippen MR) is 99.3 cm³/mol. The molecule has 0 spiro atoms. The molecule has 25 heavy (non-hydrogen) atoms. The number of carbonyl (C=O) groups is 1. The standard InChI is InChI=1S/C20H31N3O2/c1-17-7-5-6-10-23(17)20(25)16-22-13-11-21(12-14-22)15-19(24)18-8-3-2-4-9-18/h2-4,8-9,17,19,24H,5-7,10-16H2,1H3. The van der Waals surface area contributed by atoms with Gasteiger partial charge >= 0.3 is 0 Å². The summed E-state index contributed by atoms with van der Waals surface area (Å²) in [4.78, 5) is 19.2. The molecular weight excluding hydrogens is 314 g/mol. The fourth-order valence-corrected chi connectivity index (χ4v) is 3.91. The smallest absolute Gasteiger partial charge is 0.236 e. The molecular formula is C20H31N3O2. The van der Waals surface area contributed by atoms with E-state index in [1.54, 1.807) is 0 Å². The molecule has 2 atom stereocenters. The normalized spacial score (nSPS) is 24.2. The van der Waals surface area contributed by atoms with Crippen molar-refractivity contribution >= 4 is 5.91 Å². The highest BCUT2D eigenvalue weighted by molar-refractivity contribution is 5.78. The molecule has 2 aliphatic heterocycles. The highest BCUT2D eigenvalue weighted by Crippen LogP contribution is 2.18. The fraction of sp³-hybridized carbons (Fsp3) is 0.650. The van der Waals surface area contributed by atoms with E-state index in [1.807, 2.05) is 30.3 Å². The topological polar surface area (TPSA) is 47.0 Å².